The largest absolute Gasteiger partial charge is 1.00 e. The van der Waals surface area contributed by atoms with Crippen molar-refractivity contribution in [1.29, 1.82) is 0 Å². The van der Waals surface area contributed by atoms with Crippen molar-refractivity contribution in [3.05, 3.63) is 140 Å². The number of nitrogens with one attached hydrogen (secondary N) is 3. The third-order valence-corrected chi connectivity index (χ3v) is 8.53. The number of hydrogen-bond donors (Lipinski definition) is 4. The Labute approximate surface area is 331 Å². The van der Waals surface area contributed by atoms with Crippen molar-refractivity contribution < 1.29 is 37.2 Å². The van der Waals surface area contributed by atoms with Crippen LogP contribution in [0.1, 0.15) is 48.2 Å². The number of benzene rings is 3. The van der Waals surface area contributed by atoms with Gasteiger partial charge in [-0.25, -0.2) is 9.97 Å². The number of aromatic nitrogens is 3. The molecule has 0 saturated heterocycles. The van der Waals surface area contributed by atoms with Crippen LogP contribution in [0, 0.1) is 19.8 Å². The summed E-state index contributed by atoms with van der Waals surface area (Å²) in [6.07, 6.45) is 7.53. The Bertz CT molecular complexity index is 2060. The molecule has 0 unspecified atom stereocenters. The smallest absolute Gasteiger partial charge is 0.423 e. The van der Waals surface area contributed by atoms with Gasteiger partial charge in [-0.05, 0) is 83.6 Å². The van der Waals surface area contributed by atoms with Crippen LogP contribution >= 0.6 is 0 Å². The SMILES string of the molecule is O=[S-](=O)c1ccc2c(c1)CC(=NC1CC1)N2.[CH2-]C(C)C.[CH2-][C@@H](O)[C@H](Cc1ccccc1)NC(=O)c1cccc(Nc2cc(-c3cccnc3)ncn2)c1.[Li+]. The summed E-state index contributed by atoms with van der Waals surface area (Å²) in [5, 5.41) is 19.4. The average Bonchev–Trinajstić information content (AvgIpc) is 3.87. The van der Waals surface area contributed by atoms with Gasteiger partial charge in [-0.1, -0.05) is 67.3 Å². The van der Waals surface area contributed by atoms with Gasteiger partial charge in [0.1, 0.15) is 18.0 Å². The number of carbonyl (C=O) groups excluding carboxylic acids is 1. The monoisotopic (exact) mass is 737 g/mol. The van der Waals surface area contributed by atoms with Crippen molar-refractivity contribution in [1.82, 2.24) is 20.3 Å². The third-order valence-electron chi connectivity index (χ3n) is 7.89. The fourth-order valence-electron chi connectivity index (χ4n) is 5.21. The van der Waals surface area contributed by atoms with Gasteiger partial charge in [0, 0.05) is 53.4 Å². The topological polar surface area (TPSA) is 159 Å². The van der Waals surface area contributed by atoms with E-state index in [-0.39, 0.29) is 24.8 Å². The molecular formula is C41H44LiN7O4S-2. The van der Waals surface area contributed by atoms with E-state index in [2.05, 4.69) is 63.6 Å². The predicted molar refractivity (Wildman–Crippen MR) is 209 cm³/mol. The maximum Gasteiger partial charge on any atom is 1.00 e. The van der Waals surface area contributed by atoms with Crippen molar-refractivity contribution in [2.75, 3.05) is 10.6 Å². The van der Waals surface area contributed by atoms with E-state index in [4.69, 9.17) is 0 Å². The van der Waals surface area contributed by atoms with Crippen molar-refractivity contribution in [2.24, 2.45) is 10.9 Å². The number of aliphatic hydroxyl groups is 1. The van der Waals surface area contributed by atoms with Crippen LogP contribution in [0.4, 0.5) is 17.2 Å². The summed E-state index contributed by atoms with van der Waals surface area (Å²) >= 11 is 0. The second-order valence-electron chi connectivity index (χ2n) is 13.1. The predicted octanol–water partition coefficient (Wildman–Crippen LogP) is 4.18. The molecule has 11 nitrogen and oxygen atoms in total. The fourth-order valence-corrected chi connectivity index (χ4v) is 5.63. The first-order chi connectivity index (χ1) is 25.5. The molecule has 2 atom stereocenters. The standard InChI is InChI=1S/C26H24N5O2.C11H11N2O2S.C4H9.Li/c1-18(32)23(13-19-7-3-2-4-8-19)31-26(33)20-9-5-11-22(14-20)30-25-15-24(28-17-29-25)21-10-6-12-27-16-21;14-16(15)9-3-4-10-7(5-9)6-11(13-10)12-8-1-2-8;1-4(2)3;/h2-12,14-18,23,32H,1,13H2,(H,31,33)(H,28,29,30);3-5,8H,1-2,6H2,(H,12,13);4H,1H2,2-3H3;/q3*-1;+1/t18-,23+;;;/m1.../s1. The second kappa shape index (κ2) is 20.6. The molecule has 1 saturated carbocycles. The zero-order valence-corrected chi connectivity index (χ0v) is 31.6. The molecule has 13 heteroatoms. The van der Waals surface area contributed by atoms with E-state index in [1.54, 1.807) is 48.8 Å². The fraction of sp³-hybridized carbons (Fsp3) is 0.244. The third kappa shape index (κ3) is 13.2. The zero-order chi connectivity index (χ0) is 37.7. The minimum atomic E-state index is -2.15. The molecule has 1 aliphatic carbocycles. The average molecular weight is 738 g/mol. The molecule has 0 bridgehead atoms. The van der Waals surface area contributed by atoms with E-state index in [9.17, 15) is 18.3 Å². The first-order valence-electron chi connectivity index (χ1n) is 17.4. The summed E-state index contributed by atoms with van der Waals surface area (Å²) in [4.78, 5) is 30.4. The number of hydrogen-bond acceptors (Lipinski definition) is 10. The Morgan fingerprint density at radius 3 is 2.41 bits per heavy atom. The van der Waals surface area contributed by atoms with Gasteiger partial charge < -0.3 is 43.3 Å². The molecule has 276 valence electrons. The summed E-state index contributed by atoms with van der Waals surface area (Å²) in [5.74, 6) is 1.85. The first kappa shape index (κ1) is 41.9. The van der Waals surface area contributed by atoms with E-state index >= 15 is 0 Å². The Kier molecular flexibility index (Phi) is 15.9. The summed E-state index contributed by atoms with van der Waals surface area (Å²) in [6, 6.07) is 27.4. The molecule has 0 radical (unpaired) electrons. The van der Waals surface area contributed by atoms with Crippen LogP contribution in [-0.2, 0) is 32.0 Å². The molecular weight excluding hydrogens is 694 g/mol. The Morgan fingerprint density at radius 2 is 1.74 bits per heavy atom. The number of amidine groups is 1. The maximum atomic E-state index is 12.9. The summed E-state index contributed by atoms with van der Waals surface area (Å²) in [5.41, 5.74) is 5.78. The van der Waals surface area contributed by atoms with E-state index < -0.39 is 22.8 Å². The summed E-state index contributed by atoms with van der Waals surface area (Å²) in [6.45, 7) is 11.4. The van der Waals surface area contributed by atoms with Gasteiger partial charge in [-0.3, -0.25) is 14.8 Å². The minimum Gasteiger partial charge on any atom is -0.423 e. The molecule has 3 heterocycles. The van der Waals surface area contributed by atoms with E-state index in [0.29, 0.717) is 40.3 Å². The molecule has 7 rings (SSSR count). The Hall–Kier alpha value is -4.86. The molecule has 0 spiro atoms. The number of carbonyl (C=O) groups is 1. The van der Waals surface area contributed by atoms with Crippen molar-refractivity contribution in [3.8, 4) is 11.3 Å². The number of nitrogens with zero attached hydrogens (tertiary/aromatic N) is 4. The number of aliphatic imine (C=N–C) groups is 1. The molecule has 2 aromatic heterocycles. The number of amides is 1. The molecule has 5 aromatic rings. The number of rotatable bonds is 10. The summed E-state index contributed by atoms with van der Waals surface area (Å²) < 4.78 is 21.6. The van der Waals surface area contributed by atoms with Crippen molar-refractivity contribution >= 4 is 39.6 Å². The van der Waals surface area contributed by atoms with E-state index in [0.717, 1.165) is 40.3 Å². The van der Waals surface area contributed by atoms with Gasteiger partial charge in [0.2, 0.25) is 0 Å². The van der Waals surface area contributed by atoms with E-state index in [1.165, 1.54) is 19.2 Å². The van der Waals surface area contributed by atoms with Crippen LogP contribution in [0.2, 0.25) is 0 Å². The number of aliphatic hydroxyl groups excluding tert-OH is 1. The molecule has 4 N–H and O–H groups in total. The van der Waals surface area contributed by atoms with Gasteiger partial charge in [0.25, 0.3) is 5.91 Å². The second-order valence-corrected chi connectivity index (χ2v) is 14.1. The minimum absolute atomic E-state index is 0. The first-order valence-corrected chi connectivity index (χ1v) is 18.5. The Balaban J connectivity index is 0.000000256. The summed E-state index contributed by atoms with van der Waals surface area (Å²) in [7, 11) is -2.15. The number of pyridine rings is 1. The normalized spacial score (nSPS) is 14.6. The van der Waals surface area contributed by atoms with Gasteiger partial charge in [-0.2, -0.15) is 5.92 Å². The van der Waals surface area contributed by atoms with Crippen LogP contribution in [0.5, 0.6) is 0 Å². The molecule has 2 aliphatic rings. The molecule has 1 aliphatic heterocycles. The van der Waals surface area contributed by atoms with Crippen LogP contribution in [0.25, 0.3) is 11.3 Å². The van der Waals surface area contributed by atoms with Crippen molar-refractivity contribution in [3.63, 3.8) is 0 Å². The molecule has 54 heavy (non-hydrogen) atoms. The number of anilines is 3. The van der Waals surface area contributed by atoms with Crippen LogP contribution in [0.15, 0.2) is 120 Å². The van der Waals surface area contributed by atoms with Crippen LogP contribution in [-0.4, -0.2) is 50.0 Å². The molecule has 1 amide bonds. The molecule has 3 aromatic carbocycles. The van der Waals surface area contributed by atoms with Crippen LogP contribution < -0.4 is 34.8 Å². The molecule has 1 fully saturated rings. The Morgan fingerprint density at radius 1 is 0.981 bits per heavy atom. The number of fused-ring (bicyclic) bond motifs is 1. The van der Waals surface area contributed by atoms with Gasteiger partial charge >= 0.3 is 18.9 Å². The van der Waals surface area contributed by atoms with Crippen molar-refractivity contribution in [2.45, 2.75) is 62.6 Å². The maximum absolute atomic E-state index is 12.9. The van der Waals surface area contributed by atoms with Gasteiger partial charge in [0.15, 0.2) is 0 Å². The van der Waals surface area contributed by atoms with Gasteiger partial charge in [-0.15, -0.1) is 0 Å². The van der Waals surface area contributed by atoms with E-state index in [1.807, 2.05) is 54.6 Å². The zero-order valence-electron chi connectivity index (χ0n) is 30.8. The van der Waals surface area contributed by atoms with Crippen LogP contribution in [0.3, 0.4) is 0 Å². The van der Waals surface area contributed by atoms with Gasteiger partial charge in [0.05, 0.1) is 11.7 Å². The quantitative estimate of drug-likeness (QED) is 0.0938.